The van der Waals surface area contributed by atoms with Gasteiger partial charge in [-0.25, -0.2) is 9.78 Å². The van der Waals surface area contributed by atoms with Crippen molar-refractivity contribution in [2.24, 2.45) is 0 Å². The second-order valence-corrected chi connectivity index (χ2v) is 5.58. The zero-order valence-electron chi connectivity index (χ0n) is 8.61. The van der Waals surface area contributed by atoms with Gasteiger partial charge in [0.1, 0.15) is 0 Å². The lowest BCUT2D eigenvalue weighted by atomic mass is 10.3. The van der Waals surface area contributed by atoms with E-state index in [9.17, 15) is 4.79 Å². The van der Waals surface area contributed by atoms with Crippen molar-refractivity contribution in [3.63, 3.8) is 0 Å². The summed E-state index contributed by atoms with van der Waals surface area (Å²) >= 11 is 4.61. The Kier molecular flexibility index (Phi) is 3.60. The summed E-state index contributed by atoms with van der Waals surface area (Å²) in [5, 5.41) is 5.83. The minimum absolute atomic E-state index is 0.336. The van der Waals surface area contributed by atoms with Gasteiger partial charge >= 0.3 is 6.03 Å². The molecule has 1 aromatic heterocycles. The summed E-state index contributed by atoms with van der Waals surface area (Å²) in [4.78, 5) is 15.6. The molecule has 0 unspecified atom stereocenters. The molecule has 0 atom stereocenters. The molecule has 2 amide bonds. The first-order valence-corrected chi connectivity index (χ1v) is 6.29. The van der Waals surface area contributed by atoms with Crippen LogP contribution in [-0.4, -0.2) is 11.0 Å². The average Bonchev–Trinajstić information content (AvgIpc) is 2.67. The van der Waals surface area contributed by atoms with Crippen LogP contribution < -0.4 is 16.4 Å². The Morgan fingerprint density at radius 2 is 2.00 bits per heavy atom. The van der Waals surface area contributed by atoms with Gasteiger partial charge in [-0.3, -0.25) is 5.32 Å². The van der Waals surface area contributed by atoms with Gasteiger partial charge < -0.3 is 11.1 Å². The summed E-state index contributed by atoms with van der Waals surface area (Å²) in [5.41, 5.74) is 6.87. The van der Waals surface area contributed by atoms with Crippen molar-refractivity contribution >= 4 is 49.8 Å². The Morgan fingerprint density at radius 3 is 2.59 bits per heavy atom. The van der Waals surface area contributed by atoms with Gasteiger partial charge in [0, 0.05) is 11.4 Å². The molecule has 1 heterocycles. The molecule has 7 heteroatoms. The molecular weight excluding hydrogens is 304 g/mol. The number of carbonyl (C=O) groups is 1. The lowest BCUT2D eigenvalue weighted by molar-refractivity contribution is 0.262. The molecular formula is C10H9BrN4OS. The zero-order valence-corrected chi connectivity index (χ0v) is 11.0. The van der Waals surface area contributed by atoms with E-state index in [2.05, 4.69) is 31.5 Å². The van der Waals surface area contributed by atoms with Crippen LogP contribution in [0.5, 0.6) is 0 Å². The third-order valence-electron chi connectivity index (χ3n) is 1.87. The number of benzene rings is 1. The number of halogens is 1. The van der Waals surface area contributed by atoms with Crippen molar-refractivity contribution < 1.29 is 4.79 Å². The summed E-state index contributed by atoms with van der Waals surface area (Å²) < 4.78 is 0.861. The lowest BCUT2D eigenvalue weighted by Gasteiger charge is -2.05. The molecule has 0 aliphatic carbocycles. The maximum atomic E-state index is 11.6. The van der Waals surface area contributed by atoms with Crippen LogP contribution in [0.1, 0.15) is 0 Å². The number of rotatable bonds is 2. The van der Waals surface area contributed by atoms with E-state index in [1.54, 1.807) is 30.5 Å². The van der Waals surface area contributed by atoms with E-state index in [0.29, 0.717) is 16.5 Å². The lowest BCUT2D eigenvalue weighted by Crippen LogP contribution is -2.19. The molecule has 0 fully saturated rings. The van der Waals surface area contributed by atoms with E-state index in [4.69, 9.17) is 5.73 Å². The van der Waals surface area contributed by atoms with E-state index >= 15 is 0 Å². The molecule has 4 N–H and O–H groups in total. The predicted octanol–water partition coefficient (Wildman–Crippen LogP) is 3.13. The molecule has 0 saturated carbocycles. The molecule has 17 heavy (non-hydrogen) atoms. The highest BCUT2D eigenvalue weighted by Gasteiger charge is 2.05. The van der Waals surface area contributed by atoms with Crippen LogP contribution in [0.15, 0.2) is 34.2 Å². The molecule has 0 spiro atoms. The Morgan fingerprint density at radius 1 is 1.29 bits per heavy atom. The van der Waals surface area contributed by atoms with Crippen molar-refractivity contribution in [1.82, 2.24) is 4.98 Å². The smallest absolute Gasteiger partial charge is 0.325 e. The molecule has 0 saturated heterocycles. The Labute approximate surface area is 110 Å². The van der Waals surface area contributed by atoms with Crippen molar-refractivity contribution in [3.8, 4) is 0 Å². The number of hydrogen-bond donors (Lipinski definition) is 3. The van der Waals surface area contributed by atoms with Crippen LogP contribution in [0.4, 0.5) is 21.3 Å². The van der Waals surface area contributed by atoms with Crippen molar-refractivity contribution in [3.05, 3.63) is 34.2 Å². The average molecular weight is 313 g/mol. The molecule has 1 aromatic carbocycles. The molecule has 2 rings (SSSR count). The topological polar surface area (TPSA) is 80.0 Å². The second-order valence-electron chi connectivity index (χ2n) is 3.17. The highest BCUT2D eigenvalue weighted by molar-refractivity contribution is 9.11. The van der Waals surface area contributed by atoms with Crippen molar-refractivity contribution in [2.75, 3.05) is 16.4 Å². The summed E-state index contributed by atoms with van der Waals surface area (Å²) in [6.45, 7) is 0. The predicted molar refractivity (Wildman–Crippen MR) is 73.3 cm³/mol. The number of aromatic nitrogens is 1. The maximum absolute atomic E-state index is 11.6. The summed E-state index contributed by atoms with van der Waals surface area (Å²) in [6.07, 6.45) is 1.63. The van der Waals surface area contributed by atoms with Gasteiger partial charge in [0.25, 0.3) is 0 Å². The van der Waals surface area contributed by atoms with Gasteiger partial charge in [-0.15, -0.1) is 0 Å². The van der Waals surface area contributed by atoms with Crippen molar-refractivity contribution in [2.45, 2.75) is 0 Å². The van der Waals surface area contributed by atoms with Gasteiger partial charge in [0.15, 0.2) is 5.13 Å². The van der Waals surface area contributed by atoms with E-state index in [1.807, 2.05) is 0 Å². The number of amides is 2. The van der Waals surface area contributed by atoms with E-state index in [1.165, 1.54) is 11.3 Å². The largest absolute Gasteiger partial charge is 0.399 e. The van der Waals surface area contributed by atoms with Gasteiger partial charge in [-0.2, -0.15) is 0 Å². The molecule has 2 aromatic rings. The fraction of sp³-hybridized carbons (Fsp3) is 0. The fourth-order valence-corrected chi connectivity index (χ4v) is 2.24. The number of carbonyl (C=O) groups excluding carboxylic acids is 1. The van der Waals surface area contributed by atoms with E-state index in [-0.39, 0.29) is 6.03 Å². The molecule has 0 aliphatic rings. The van der Waals surface area contributed by atoms with Crippen LogP contribution in [0, 0.1) is 0 Å². The summed E-state index contributed by atoms with van der Waals surface area (Å²) in [6, 6.07) is 6.56. The number of nitrogen functional groups attached to an aromatic ring is 1. The van der Waals surface area contributed by atoms with Gasteiger partial charge in [-0.1, -0.05) is 11.3 Å². The van der Waals surface area contributed by atoms with E-state index < -0.39 is 0 Å². The highest BCUT2D eigenvalue weighted by Crippen LogP contribution is 2.23. The number of thiazole rings is 1. The highest BCUT2D eigenvalue weighted by atomic mass is 79.9. The molecule has 0 aliphatic heterocycles. The van der Waals surface area contributed by atoms with Gasteiger partial charge in [0.05, 0.1) is 9.98 Å². The Hall–Kier alpha value is -1.60. The number of nitrogens with one attached hydrogen (secondary N) is 2. The third kappa shape index (κ3) is 3.43. The van der Waals surface area contributed by atoms with Crippen LogP contribution in [0.25, 0.3) is 0 Å². The summed E-state index contributed by atoms with van der Waals surface area (Å²) in [7, 11) is 0. The number of anilines is 3. The number of nitrogens with two attached hydrogens (primary N) is 1. The van der Waals surface area contributed by atoms with Gasteiger partial charge in [-0.05, 0) is 40.2 Å². The Balaban J connectivity index is 1.95. The quantitative estimate of drug-likeness (QED) is 0.745. The van der Waals surface area contributed by atoms with Crippen LogP contribution in [0.2, 0.25) is 0 Å². The monoisotopic (exact) mass is 312 g/mol. The Bertz CT molecular complexity index is 525. The minimum atomic E-state index is -0.336. The third-order valence-corrected chi connectivity index (χ3v) is 3.26. The van der Waals surface area contributed by atoms with Gasteiger partial charge in [0.2, 0.25) is 0 Å². The number of hydrogen-bond acceptors (Lipinski definition) is 4. The molecule has 5 nitrogen and oxygen atoms in total. The fourth-order valence-electron chi connectivity index (χ4n) is 1.14. The van der Waals surface area contributed by atoms with Crippen molar-refractivity contribution in [1.29, 1.82) is 0 Å². The second kappa shape index (κ2) is 5.15. The number of nitrogens with zero attached hydrogens (tertiary/aromatic N) is 1. The standard InChI is InChI=1S/C10H9BrN4OS/c11-8-5-13-10(17-8)15-9(16)14-7-3-1-6(12)2-4-7/h1-5H,12H2,(H2,13,14,15,16). The first kappa shape index (κ1) is 11.9. The van der Waals surface area contributed by atoms with E-state index in [0.717, 1.165) is 3.79 Å². The minimum Gasteiger partial charge on any atom is -0.399 e. The number of urea groups is 1. The van der Waals surface area contributed by atoms with Crippen LogP contribution in [-0.2, 0) is 0 Å². The molecule has 0 radical (unpaired) electrons. The summed E-state index contributed by atoms with van der Waals surface area (Å²) in [5.74, 6) is 0. The molecule has 0 bridgehead atoms. The van der Waals surface area contributed by atoms with Crippen LogP contribution >= 0.6 is 27.3 Å². The SMILES string of the molecule is Nc1ccc(NC(=O)Nc2ncc(Br)s2)cc1. The zero-order chi connectivity index (χ0) is 12.3. The first-order valence-electron chi connectivity index (χ1n) is 4.68. The normalized spacial score (nSPS) is 9.94. The maximum Gasteiger partial charge on any atom is 0.325 e. The van der Waals surface area contributed by atoms with Crippen LogP contribution in [0.3, 0.4) is 0 Å². The molecule has 88 valence electrons. The first-order chi connectivity index (χ1) is 8.13.